The number of rotatable bonds is 22. The Kier molecular flexibility index (Phi) is 15.8. The molecule has 1 aliphatic rings. The number of nitrogens with zero attached hydrogens (tertiary/aromatic N) is 7. The van der Waals surface area contributed by atoms with E-state index in [-0.39, 0.29) is 6.61 Å². The van der Waals surface area contributed by atoms with Crippen LogP contribution in [0.15, 0.2) is 84.9 Å². The number of aromatic carboxylic acids is 1. The monoisotopic (exact) mass is 920 g/mol. The maximum atomic E-state index is 13.6. The van der Waals surface area contributed by atoms with E-state index in [1.54, 1.807) is 14.1 Å². The van der Waals surface area contributed by atoms with E-state index in [2.05, 4.69) is 72.4 Å². The van der Waals surface area contributed by atoms with Crippen molar-refractivity contribution < 1.29 is 27.8 Å². The second-order valence-corrected chi connectivity index (χ2v) is 20.8. The minimum absolute atomic E-state index is 0.243. The first-order valence-electron chi connectivity index (χ1n) is 23.5. The normalized spacial score (nSPS) is 13.9. The highest BCUT2D eigenvalue weighted by molar-refractivity contribution is 7.86. The minimum atomic E-state index is -3.45. The van der Waals surface area contributed by atoms with Crippen molar-refractivity contribution in [1.82, 2.24) is 27.9 Å². The van der Waals surface area contributed by atoms with Crippen LogP contribution in [-0.2, 0) is 36.8 Å². The van der Waals surface area contributed by atoms with Crippen LogP contribution in [0.4, 0.5) is 5.69 Å². The van der Waals surface area contributed by atoms with Gasteiger partial charge >= 0.3 is 5.97 Å². The molecule has 66 heavy (non-hydrogen) atoms. The van der Waals surface area contributed by atoms with Crippen LogP contribution in [0.2, 0.25) is 0 Å². The predicted molar refractivity (Wildman–Crippen MR) is 266 cm³/mol. The lowest BCUT2D eigenvalue weighted by atomic mass is 9.98. The summed E-state index contributed by atoms with van der Waals surface area (Å²) in [6.07, 6.45) is 3.32. The second-order valence-electron chi connectivity index (χ2n) is 18.6. The van der Waals surface area contributed by atoms with Gasteiger partial charge in [-0.1, -0.05) is 82.3 Å². The topological polar surface area (TPSA) is 126 Å². The van der Waals surface area contributed by atoms with Gasteiger partial charge in [0.05, 0.1) is 23.5 Å². The van der Waals surface area contributed by atoms with E-state index in [4.69, 9.17) is 14.6 Å². The molecule has 0 radical (unpaired) electrons. The molecule has 13 nitrogen and oxygen atoms in total. The fourth-order valence-electron chi connectivity index (χ4n) is 9.15. The largest absolute Gasteiger partial charge is 0.493 e. The molecule has 1 saturated heterocycles. The molecule has 354 valence electrons. The van der Waals surface area contributed by atoms with Gasteiger partial charge in [0.2, 0.25) is 0 Å². The summed E-state index contributed by atoms with van der Waals surface area (Å²) < 4.78 is 44.9. The number of carbonyl (C=O) groups is 1. The molecule has 0 unspecified atom stereocenters. The molecular weight excluding hydrogens is 851 g/mol. The van der Waals surface area contributed by atoms with Crippen LogP contribution < -0.4 is 14.4 Å². The summed E-state index contributed by atoms with van der Waals surface area (Å²) in [6, 6.07) is 28.4. The van der Waals surface area contributed by atoms with Crippen molar-refractivity contribution in [2.45, 2.75) is 73.5 Å². The molecule has 4 aromatic carbocycles. The van der Waals surface area contributed by atoms with Crippen LogP contribution >= 0.6 is 0 Å². The third-order valence-electron chi connectivity index (χ3n) is 12.9. The Morgan fingerprint density at radius 3 is 2.14 bits per heavy atom. The highest BCUT2D eigenvalue weighted by Crippen LogP contribution is 2.39. The molecule has 1 aliphatic heterocycles. The number of aromatic nitrogens is 3. The van der Waals surface area contributed by atoms with E-state index in [1.165, 1.54) is 8.61 Å². The summed E-state index contributed by atoms with van der Waals surface area (Å²) in [5.74, 6) is 1.71. The van der Waals surface area contributed by atoms with Crippen molar-refractivity contribution in [2.24, 2.45) is 18.9 Å². The Bertz CT molecular complexity index is 2680. The summed E-state index contributed by atoms with van der Waals surface area (Å²) in [7, 11) is 1.60. The molecule has 3 heterocycles. The van der Waals surface area contributed by atoms with Gasteiger partial charge in [-0.05, 0) is 98.8 Å². The number of ether oxygens (including phenoxy) is 2. The first kappa shape index (κ1) is 48.5. The van der Waals surface area contributed by atoms with Gasteiger partial charge in [0.1, 0.15) is 23.8 Å². The van der Waals surface area contributed by atoms with E-state index in [1.807, 2.05) is 73.3 Å². The minimum Gasteiger partial charge on any atom is -0.493 e. The van der Waals surface area contributed by atoms with Crippen molar-refractivity contribution in [3.8, 4) is 22.6 Å². The molecule has 14 heteroatoms. The molecule has 0 saturated carbocycles. The molecule has 1 fully saturated rings. The smallest absolute Gasteiger partial charge is 0.352 e. The van der Waals surface area contributed by atoms with E-state index in [0.717, 1.165) is 93.7 Å². The standard InChI is InChI=1S/C52H69N7O6S/c1-37(2)25-27-56(28-26-38(3)4)29-34-59-50-44(45(51(59)52(60)61)19-13-35-64-48-20-11-15-40-14-9-10-16-43(40)48)17-12-18-46(50)49-39(5)53-55(8)47(49)36-65-42-23-21-41(22-24-42)57-30-32-58(33-31-57)66(62,63)54(6)7/h9-12,14-18,20-24,37-38H,13,19,25-36H2,1-8H3,(H,60,61). The van der Waals surface area contributed by atoms with Gasteiger partial charge in [0, 0.05) is 88.0 Å². The fraction of sp³-hybridized carbons (Fsp3) is 0.462. The van der Waals surface area contributed by atoms with Crippen LogP contribution in [0.3, 0.4) is 0 Å². The number of carboxylic acid groups (broad SMARTS) is 1. The van der Waals surface area contributed by atoms with Crippen molar-refractivity contribution in [3.63, 3.8) is 0 Å². The number of piperazine rings is 1. The van der Waals surface area contributed by atoms with Crippen molar-refractivity contribution in [2.75, 3.05) is 71.4 Å². The Morgan fingerprint density at radius 2 is 1.47 bits per heavy atom. The lowest BCUT2D eigenvalue weighted by Gasteiger charge is -2.36. The highest BCUT2D eigenvalue weighted by Gasteiger charge is 2.30. The third kappa shape index (κ3) is 11.1. The zero-order valence-corrected chi connectivity index (χ0v) is 41.0. The molecule has 0 aliphatic carbocycles. The maximum absolute atomic E-state index is 13.6. The Labute approximate surface area is 391 Å². The number of hydrogen-bond donors (Lipinski definition) is 1. The molecule has 0 atom stereocenters. The summed E-state index contributed by atoms with van der Waals surface area (Å²) in [5.41, 5.74) is 6.63. The summed E-state index contributed by atoms with van der Waals surface area (Å²) in [4.78, 5) is 18.3. The Balaban J connectivity index is 1.18. The zero-order valence-electron chi connectivity index (χ0n) is 40.2. The predicted octanol–water partition coefficient (Wildman–Crippen LogP) is 9.11. The van der Waals surface area contributed by atoms with Gasteiger partial charge in [-0.25, -0.2) is 4.79 Å². The van der Waals surface area contributed by atoms with Crippen LogP contribution in [0.5, 0.6) is 11.5 Å². The van der Waals surface area contributed by atoms with Gasteiger partial charge in [-0.3, -0.25) is 4.68 Å². The summed E-state index contributed by atoms with van der Waals surface area (Å²) >= 11 is 0. The number of fused-ring (bicyclic) bond motifs is 2. The Hall–Kier alpha value is -5.41. The van der Waals surface area contributed by atoms with Gasteiger partial charge in [-0.2, -0.15) is 22.1 Å². The van der Waals surface area contributed by atoms with Gasteiger partial charge in [0.25, 0.3) is 10.2 Å². The molecule has 0 bridgehead atoms. The average Bonchev–Trinajstić information content (AvgIpc) is 3.78. The number of para-hydroxylation sites is 1. The van der Waals surface area contributed by atoms with Crippen LogP contribution in [0.1, 0.15) is 74.4 Å². The second kappa shape index (κ2) is 21.5. The van der Waals surface area contributed by atoms with E-state index in [0.29, 0.717) is 75.5 Å². The van der Waals surface area contributed by atoms with Crippen molar-refractivity contribution in [3.05, 3.63) is 108 Å². The first-order valence-corrected chi connectivity index (χ1v) is 24.9. The first-order chi connectivity index (χ1) is 31.6. The zero-order chi connectivity index (χ0) is 47.1. The number of hydrogen-bond acceptors (Lipinski definition) is 8. The van der Waals surface area contributed by atoms with E-state index in [9.17, 15) is 18.3 Å². The molecule has 2 aromatic heterocycles. The Morgan fingerprint density at radius 1 is 0.818 bits per heavy atom. The number of benzene rings is 4. The quantitative estimate of drug-likeness (QED) is 0.0664. The molecule has 0 spiro atoms. The van der Waals surface area contributed by atoms with Crippen LogP contribution in [-0.4, -0.2) is 114 Å². The maximum Gasteiger partial charge on any atom is 0.352 e. The number of anilines is 1. The van der Waals surface area contributed by atoms with Crippen molar-refractivity contribution in [1.29, 1.82) is 0 Å². The van der Waals surface area contributed by atoms with Crippen LogP contribution in [0, 0.1) is 18.8 Å². The summed E-state index contributed by atoms with van der Waals surface area (Å²) in [5, 5.41) is 19.1. The highest BCUT2D eigenvalue weighted by atomic mass is 32.2. The van der Waals surface area contributed by atoms with Gasteiger partial charge in [0.15, 0.2) is 0 Å². The van der Waals surface area contributed by atoms with Crippen molar-refractivity contribution >= 4 is 43.5 Å². The van der Waals surface area contributed by atoms with E-state index < -0.39 is 16.2 Å². The lowest BCUT2D eigenvalue weighted by Crippen LogP contribution is -2.51. The third-order valence-corrected chi connectivity index (χ3v) is 14.8. The molecular formula is C52H69N7O6S. The average molecular weight is 920 g/mol. The molecule has 1 N–H and O–H groups in total. The number of carboxylic acids is 1. The lowest BCUT2D eigenvalue weighted by molar-refractivity contribution is 0.0683. The number of aryl methyl sites for hydroxylation is 3. The van der Waals surface area contributed by atoms with Gasteiger partial charge in [-0.15, -0.1) is 0 Å². The molecule has 7 rings (SSSR count). The SMILES string of the molecule is Cc1nn(C)c(COc2ccc(N3CCN(S(=O)(=O)N(C)C)CC3)cc2)c1-c1cccc2c(CCCOc3cccc4ccccc34)c(C(=O)O)n(CCN(CCC(C)C)CCC(C)C)c12. The van der Waals surface area contributed by atoms with Gasteiger partial charge < -0.3 is 28.9 Å². The molecule has 0 amide bonds. The molecule has 6 aromatic rings. The summed E-state index contributed by atoms with van der Waals surface area (Å²) in [6.45, 7) is 16.9. The fourth-order valence-corrected chi connectivity index (χ4v) is 10.2. The van der Waals surface area contributed by atoms with Crippen LogP contribution in [0.25, 0.3) is 32.8 Å². The van der Waals surface area contributed by atoms with E-state index >= 15 is 0 Å².